The Kier molecular flexibility index (Phi) is 3.04. The average molecular weight is 220 g/mol. The van der Waals surface area contributed by atoms with Gasteiger partial charge in [-0.1, -0.05) is 30.3 Å². The molecule has 0 aromatic heterocycles. The highest BCUT2D eigenvalue weighted by molar-refractivity contribution is 8.01. The van der Waals surface area contributed by atoms with Crippen LogP contribution >= 0.6 is 23.5 Å². The van der Waals surface area contributed by atoms with E-state index in [2.05, 4.69) is 48.9 Å². The normalized spacial score (nSPS) is 10.7. The number of thioether (sulfide) groups is 2. The summed E-state index contributed by atoms with van der Waals surface area (Å²) in [5, 5.41) is 2.70. The third kappa shape index (κ3) is 1.64. The van der Waals surface area contributed by atoms with Crippen LogP contribution in [0, 0.1) is 0 Å². The van der Waals surface area contributed by atoms with Crippen LogP contribution in [0.2, 0.25) is 0 Å². The second-order valence-electron chi connectivity index (χ2n) is 3.02. The molecule has 0 aliphatic carbocycles. The highest BCUT2D eigenvalue weighted by Gasteiger charge is 2.04. The van der Waals surface area contributed by atoms with E-state index in [1.807, 2.05) is 23.5 Å². The van der Waals surface area contributed by atoms with Gasteiger partial charge in [-0.2, -0.15) is 0 Å². The van der Waals surface area contributed by atoms with Crippen LogP contribution < -0.4 is 0 Å². The zero-order chi connectivity index (χ0) is 9.97. The highest BCUT2D eigenvalue weighted by Crippen LogP contribution is 2.34. The van der Waals surface area contributed by atoms with Crippen molar-refractivity contribution in [1.82, 2.24) is 0 Å². The fourth-order valence-corrected chi connectivity index (χ4v) is 3.27. The van der Waals surface area contributed by atoms with E-state index in [4.69, 9.17) is 0 Å². The van der Waals surface area contributed by atoms with Gasteiger partial charge in [0.2, 0.25) is 0 Å². The quantitative estimate of drug-likeness (QED) is 0.693. The minimum absolute atomic E-state index is 1.33. The lowest BCUT2D eigenvalue weighted by Crippen LogP contribution is -1.80. The number of benzene rings is 2. The van der Waals surface area contributed by atoms with Crippen molar-refractivity contribution in [3.8, 4) is 0 Å². The molecule has 0 saturated carbocycles. The van der Waals surface area contributed by atoms with Gasteiger partial charge in [-0.25, -0.2) is 0 Å². The topological polar surface area (TPSA) is 0 Å². The first-order valence-electron chi connectivity index (χ1n) is 4.46. The zero-order valence-corrected chi connectivity index (χ0v) is 9.91. The van der Waals surface area contributed by atoms with Crippen molar-refractivity contribution >= 4 is 34.3 Å². The molecular formula is C12H12S2. The van der Waals surface area contributed by atoms with Gasteiger partial charge in [-0.3, -0.25) is 0 Å². The van der Waals surface area contributed by atoms with E-state index < -0.39 is 0 Å². The molecule has 72 valence electrons. The van der Waals surface area contributed by atoms with Crippen molar-refractivity contribution in [2.75, 3.05) is 12.5 Å². The van der Waals surface area contributed by atoms with Crippen LogP contribution in [-0.2, 0) is 0 Å². The maximum absolute atomic E-state index is 2.21. The molecular weight excluding hydrogens is 208 g/mol. The van der Waals surface area contributed by atoms with Gasteiger partial charge >= 0.3 is 0 Å². The second kappa shape index (κ2) is 4.28. The predicted octanol–water partition coefficient (Wildman–Crippen LogP) is 4.28. The molecule has 0 amide bonds. The number of hydrogen-bond acceptors (Lipinski definition) is 2. The lowest BCUT2D eigenvalue weighted by atomic mass is 10.1. The SMILES string of the molecule is CSc1ccc2ccccc2c1SC. The van der Waals surface area contributed by atoms with Gasteiger partial charge in [-0.05, 0) is 29.4 Å². The van der Waals surface area contributed by atoms with Gasteiger partial charge in [-0.15, -0.1) is 23.5 Å². The van der Waals surface area contributed by atoms with E-state index in [9.17, 15) is 0 Å². The molecule has 2 rings (SSSR count). The Morgan fingerprint density at radius 3 is 2.36 bits per heavy atom. The molecule has 0 saturated heterocycles. The van der Waals surface area contributed by atoms with Gasteiger partial charge in [0.15, 0.2) is 0 Å². The summed E-state index contributed by atoms with van der Waals surface area (Å²) in [6.45, 7) is 0. The van der Waals surface area contributed by atoms with Crippen molar-refractivity contribution in [2.45, 2.75) is 9.79 Å². The molecule has 2 heteroatoms. The van der Waals surface area contributed by atoms with Crippen molar-refractivity contribution in [1.29, 1.82) is 0 Å². The second-order valence-corrected chi connectivity index (χ2v) is 4.69. The molecule has 0 spiro atoms. The molecule has 0 atom stereocenters. The molecule has 2 aromatic rings. The van der Waals surface area contributed by atoms with E-state index in [0.29, 0.717) is 0 Å². The zero-order valence-electron chi connectivity index (χ0n) is 8.28. The smallest absolute Gasteiger partial charge is 0.0284 e. The Morgan fingerprint density at radius 2 is 1.64 bits per heavy atom. The molecule has 14 heavy (non-hydrogen) atoms. The third-order valence-corrected chi connectivity index (χ3v) is 4.02. The van der Waals surface area contributed by atoms with Crippen LogP contribution in [0.5, 0.6) is 0 Å². The Hall–Kier alpha value is -0.600. The van der Waals surface area contributed by atoms with Gasteiger partial charge < -0.3 is 0 Å². The number of fused-ring (bicyclic) bond motifs is 1. The standard InChI is InChI=1S/C12H12S2/c1-13-11-8-7-9-5-3-4-6-10(9)12(11)14-2/h3-8H,1-2H3. The molecule has 0 bridgehead atoms. The Bertz CT molecular complexity index is 449. The monoisotopic (exact) mass is 220 g/mol. The van der Waals surface area contributed by atoms with Crippen LogP contribution in [0.4, 0.5) is 0 Å². The molecule has 0 nitrogen and oxygen atoms in total. The molecule has 0 fully saturated rings. The molecule has 0 N–H and O–H groups in total. The van der Waals surface area contributed by atoms with Gasteiger partial charge in [0.05, 0.1) is 0 Å². The first kappa shape index (κ1) is 9.94. The van der Waals surface area contributed by atoms with Crippen LogP contribution in [0.1, 0.15) is 0 Å². The summed E-state index contributed by atoms with van der Waals surface area (Å²) in [6.07, 6.45) is 4.27. The summed E-state index contributed by atoms with van der Waals surface area (Å²) >= 11 is 3.64. The van der Waals surface area contributed by atoms with Gasteiger partial charge in [0.1, 0.15) is 0 Å². The van der Waals surface area contributed by atoms with E-state index in [0.717, 1.165) is 0 Å². The molecule has 0 radical (unpaired) electrons. The van der Waals surface area contributed by atoms with E-state index in [-0.39, 0.29) is 0 Å². The maximum Gasteiger partial charge on any atom is 0.0284 e. The lowest BCUT2D eigenvalue weighted by Gasteiger charge is -2.08. The van der Waals surface area contributed by atoms with Gasteiger partial charge in [0.25, 0.3) is 0 Å². The fraction of sp³-hybridized carbons (Fsp3) is 0.167. The number of rotatable bonds is 2. The molecule has 2 aromatic carbocycles. The molecule has 0 heterocycles. The van der Waals surface area contributed by atoms with E-state index in [1.165, 1.54) is 20.6 Å². The Balaban J connectivity index is 2.77. The Morgan fingerprint density at radius 1 is 0.857 bits per heavy atom. The van der Waals surface area contributed by atoms with Crippen molar-refractivity contribution in [3.63, 3.8) is 0 Å². The first-order chi connectivity index (χ1) is 6.86. The highest BCUT2D eigenvalue weighted by atomic mass is 32.2. The van der Waals surface area contributed by atoms with E-state index >= 15 is 0 Å². The largest absolute Gasteiger partial charge is 0.128 e. The number of hydrogen-bond donors (Lipinski definition) is 0. The summed E-state index contributed by atoms with van der Waals surface area (Å²) in [5.74, 6) is 0. The molecule has 0 aliphatic heterocycles. The molecule has 0 aliphatic rings. The average Bonchev–Trinajstić information content (AvgIpc) is 2.27. The van der Waals surface area contributed by atoms with Crippen LogP contribution in [0.15, 0.2) is 46.2 Å². The summed E-state index contributed by atoms with van der Waals surface area (Å²) < 4.78 is 0. The van der Waals surface area contributed by atoms with Crippen LogP contribution in [0.25, 0.3) is 10.8 Å². The van der Waals surface area contributed by atoms with Crippen molar-refractivity contribution in [3.05, 3.63) is 36.4 Å². The van der Waals surface area contributed by atoms with E-state index in [1.54, 1.807) is 0 Å². The minimum atomic E-state index is 1.33. The van der Waals surface area contributed by atoms with Crippen molar-refractivity contribution < 1.29 is 0 Å². The first-order valence-corrected chi connectivity index (χ1v) is 6.91. The summed E-state index contributed by atoms with van der Waals surface area (Å²) in [6, 6.07) is 13.0. The summed E-state index contributed by atoms with van der Waals surface area (Å²) in [7, 11) is 0. The van der Waals surface area contributed by atoms with Crippen LogP contribution in [-0.4, -0.2) is 12.5 Å². The molecule has 0 unspecified atom stereocenters. The maximum atomic E-state index is 2.21. The third-order valence-electron chi connectivity index (χ3n) is 2.27. The summed E-state index contributed by atoms with van der Waals surface area (Å²) in [5.41, 5.74) is 0. The fourth-order valence-electron chi connectivity index (χ4n) is 1.59. The van der Waals surface area contributed by atoms with Gasteiger partial charge in [0, 0.05) is 9.79 Å². The predicted molar refractivity (Wildman–Crippen MR) is 67.5 cm³/mol. The Labute approximate surface area is 93.1 Å². The minimum Gasteiger partial charge on any atom is -0.128 e. The van der Waals surface area contributed by atoms with Crippen molar-refractivity contribution in [2.24, 2.45) is 0 Å². The van der Waals surface area contributed by atoms with Crippen LogP contribution in [0.3, 0.4) is 0 Å². The lowest BCUT2D eigenvalue weighted by molar-refractivity contribution is 1.31. The summed E-state index contributed by atoms with van der Waals surface area (Å²) in [4.78, 5) is 2.77.